The van der Waals surface area contributed by atoms with Crippen molar-refractivity contribution in [2.24, 2.45) is 5.92 Å². The van der Waals surface area contributed by atoms with Crippen molar-refractivity contribution >= 4 is 29.3 Å². The summed E-state index contributed by atoms with van der Waals surface area (Å²) in [6, 6.07) is 6.39. The van der Waals surface area contributed by atoms with Crippen LogP contribution in [0.1, 0.15) is 76.1 Å². The average molecular weight is 463 g/mol. The molecule has 176 valence electrons. The van der Waals surface area contributed by atoms with Crippen molar-refractivity contribution in [2.75, 3.05) is 6.61 Å². The van der Waals surface area contributed by atoms with Gasteiger partial charge in [0.15, 0.2) is 5.78 Å². The molecule has 0 spiro atoms. The van der Waals surface area contributed by atoms with Gasteiger partial charge in [-0.1, -0.05) is 69.4 Å². The van der Waals surface area contributed by atoms with Crippen molar-refractivity contribution in [2.45, 2.75) is 71.8 Å². The summed E-state index contributed by atoms with van der Waals surface area (Å²) in [5.74, 6) is -1.51. The van der Waals surface area contributed by atoms with Gasteiger partial charge in [-0.3, -0.25) is 9.59 Å². The lowest BCUT2D eigenvalue weighted by molar-refractivity contribution is -0.153. The van der Waals surface area contributed by atoms with Crippen LogP contribution in [0, 0.1) is 5.92 Å². The van der Waals surface area contributed by atoms with Crippen molar-refractivity contribution in [3.63, 3.8) is 0 Å². The second kappa shape index (κ2) is 16.3. The highest BCUT2D eigenvalue weighted by molar-refractivity contribution is 6.30. The maximum atomic E-state index is 12.5. The number of carbonyl (C=O) groups is 3. The van der Waals surface area contributed by atoms with E-state index in [1.54, 1.807) is 43.3 Å². The van der Waals surface area contributed by atoms with E-state index in [9.17, 15) is 14.4 Å². The van der Waals surface area contributed by atoms with Crippen molar-refractivity contribution in [3.8, 4) is 0 Å². The highest BCUT2D eigenvalue weighted by Crippen LogP contribution is 2.17. The van der Waals surface area contributed by atoms with Gasteiger partial charge in [0.25, 0.3) is 0 Å². The Kier molecular flexibility index (Phi) is 14.0. The molecular formula is C26H35ClO5. The van der Waals surface area contributed by atoms with Crippen LogP contribution >= 0.6 is 11.6 Å². The van der Waals surface area contributed by atoms with E-state index < -0.39 is 18.0 Å². The zero-order valence-electron chi connectivity index (χ0n) is 19.3. The van der Waals surface area contributed by atoms with Crippen LogP contribution in [-0.2, 0) is 19.1 Å². The largest absolute Gasteiger partial charge is 0.462 e. The number of unbranched alkanes of at least 4 members (excludes halogenated alkanes) is 4. The smallest absolute Gasteiger partial charge is 0.338 e. The van der Waals surface area contributed by atoms with Gasteiger partial charge in [-0.25, -0.2) is 4.79 Å². The molecule has 6 heteroatoms. The van der Waals surface area contributed by atoms with Gasteiger partial charge in [-0.05, 0) is 43.7 Å². The normalized spacial score (nSPS) is 13.2. The molecule has 0 amide bonds. The van der Waals surface area contributed by atoms with Crippen molar-refractivity contribution in [1.29, 1.82) is 0 Å². The van der Waals surface area contributed by atoms with Gasteiger partial charge >= 0.3 is 11.9 Å². The van der Waals surface area contributed by atoms with E-state index in [0.29, 0.717) is 17.0 Å². The first-order valence-corrected chi connectivity index (χ1v) is 11.7. The van der Waals surface area contributed by atoms with Gasteiger partial charge < -0.3 is 9.47 Å². The first-order chi connectivity index (χ1) is 15.4. The van der Waals surface area contributed by atoms with Crippen LogP contribution in [0.25, 0.3) is 0 Å². The molecule has 0 N–H and O–H groups in total. The topological polar surface area (TPSA) is 69.7 Å². The monoisotopic (exact) mass is 462 g/mol. The van der Waals surface area contributed by atoms with E-state index in [1.807, 2.05) is 13.0 Å². The summed E-state index contributed by atoms with van der Waals surface area (Å²) in [5.41, 5.74) is 0.383. The molecule has 0 heterocycles. The van der Waals surface area contributed by atoms with Crippen LogP contribution in [-0.4, -0.2) is 30.4 Å². The molecule has 1 rings (SSSR count). The minimum Gasteiger partial charge on any atom is -0.462 e. The summed E-state index contributed by atoms with van der Waals surface area (Å²) in [5, 5.41) is 0.529. The highest BCUT2D eigenvalue weighted by Gasteiger charge is 2.26. The van der Waals surface area contributed by atoms with E-state index in [2.05, 4.69) is 6.92 Å². The highest BCUT2D eigenvalue weighted by atomic mass is 35.5. The number of carbonyl (C=O) groups excluding carboxylic acids is 3. The summed E-state index contributed by atoms with van der Waals surface area (Å²) in [6.45, 7) is 5.76. The third-order valence-corrected chi connectivity index (χ3v) is 5.31. The van der Waals surface area contributed by atoms with Gasteiger partial charge in [0.2, 0.25) is 0 Å². The first-order valence-electron chi connectivity index (χ1n) is 11.3. The third-order valence-electron chi connectivity index (χ3n) is 5.05. The lowest BCUT2D eigenvalue weighted by Crippen LogP contribution is -2.31. The van der Waals surface area contributed by atoms with Crippen LogP contribution in [0.15, 0.2) is 48.6 Å². The van der Waals surface area contributed by atoms with Crippen LogP contribution in [0.5, 0.6) is 0 Å². The van der Waals surface area contributed by atoms with Crippen molar-refractivity contribution in [1.82, 2.24) is 0 Å². The molecule has 0 aliphatic heterocycles. The van der Waals surface area contributed by atoms with Crippen LogP contribution in [0.2, 0.25) is 5.02 Å². The lowest BCUT2D eigenvalue weighted by atomic mass is 9.96. The Labute approximate surface area is 196 Å². The van der Waals surface area contributed by atoms with Crippen LogP contribution in [0.4, 0.5) is 0 Å². The quantitative estimate of drug-likeness (QED) is 0.129. The molecule has 2 atom stereocenters. The predicted molar refractivity (Wildman–Crippen MR) is 128 cm³/mol. The van der Waals surface area contributed by atoms with E-state index in [4.69, 9.17) is 21.1 Å². The molecule has 0 aliphatic carbocycles. The maximum Gasteiger partial charge on any atom is 0.338 e. The Morgan fingerprint density at radius 3 is 2.38 bits per heavy atom. The molecule has 5 nitrogen and oxygen atoms in total. The molecule has 0 saturated carbocycles. The van der Waals surface area contributed by atoms with E-state index in [0.717, 1.165) is 32.1 Å². The number of hydrogen-bond donors (Lipinski definition) is 0. The van der Waals surface area contributed by atoms with E-state index in [1.165, 1.54) is 6.08 Å². The molecule has 0 radical (unpaired) electrons. The lowest BCUT2D eigenvalue weighted by Gasteiger charge is -2.22. The zero-order valence-corrected chi connectivity index (χ0v) is 20.1. The average Bonchev–Trinajstić information content (AvgIpc) is 2.78. The Balaban J connectivity index is 2.67. The predicted octanol–water partition coefficient (Wildman–Crippen LogP) is 6.50. The molecule has 32 heavy (non-hydrogen) atoms. The van der Waals surface area contributed by atoms with Crippen LogP contribution < -0.4 is 0 Å². The fourth-order valence-corrected chi connectivity index (χ4v) is 3.17. The number of halogens is 1. The molecule has 1 aromatic carbocycles. The molecule has 0 aromatic heterocycles. The number of ketones is 1. The second-order valence-electron chi connectivity index (χ2n) is 7.70. The van der Waals surface area contributed by atoms with Gasteiger partial charge in [-0.2, -0.15) is 0 Å². The summed E-state index contributed by atoms with van der Waals surface area (Å²) in [6.07, 6.45) is 11.7. The number of benzene rings is 1. The van der Waals surface area contributed by atoms with Gasteiger partial charge in [0.05, 0.1) is 18.1 Å². The van der Waals surface area contributed by atoms with Gasteiger partial charge in [0, 0.05) is 17.9 Å². The van der Waals surface area contributed by atoms with Gasteiger partial charge in [0.1, 0.15) is 6.10 Å². The number of hydrogen-bond acceptors (Lipinski definition) is 5. The molecule has 0 bridgehead atoms. The van der Waals surface area contributed by atoms with Crippen molar-refractivity contribution < 1.29 is 23.9 Å². The fourth-order valence-electron chi connectivity index (χ4n) is 3.05. The molecular weight excluding hydrogens is 428 g/mol. The molecule has 0 saturated heterocycles. The number of ether oxygens (including phenoxy) is 2. The minimum absolute atomic E-state index is 0.0338. The number of esters is 2. The van der Waals surface area contributed by atoms with Crippen molar-refractivity contribution in [3.05, 3.63) is 59.2 Å². The standard InChI is InChI=1S/C26H35ClO5/c1-4-6-8-9-11-13-25(29)32-24(20(3)23(28)12-10-7-5-2)18-19-31-26(30)21-14-16-22(27)17-15-21/h5,7,10,12,14-17,20,24H,4,6,8-9,11,13,18-19H2,1-3H3/b7-5+,12-10+. The van der Waals surface area contributed by atoms with E-state index in [-0.39, 0.29) is 24.8 Å². The Morgan fingerprint density at radius 1 is 1.03 bits per heavy atom. The van der Waals surface area contributed by atoms with Crippen LogP contribution in [0.3, 0.4) is 0 Å². The molecule has 0 fully saturated rings. The molecule has 1 aromatic rings. The third kappa shape index (κ3) is 11.3. The molecule has 2 unspecified atom stereocenters. The second-order valence-corrected chi connectivity index (χ2v) is 8.14. The van der Waals surface area contributed by atoms with E-state index >= 15 is 0 Å². The number of allylic oxidation sites excluding steroid dienone is 4. The Bertz CT molecular complexity index is 767. The zero-order chi connectivity index (χ0) is 23.8. The summed E-state index contributed by atoms with van der Waals surface area (Å²) in [7, 11) is 0. The summed E-state index contributed by atoms with van der Waals surface area (Å²) in [4.78, 5) is 37.0. The maximum absolute atomic E-state index is 12.5. The summed E-state index contributed by atoms with van der Waals surface area (Å²) < 4.78 is 10.9. The Hall–Kier alpha value is -2.40. The van der Waals surface area contributed by atoms with Gasteiger partial charge in [-0.15, -0.1) is 0 Å². The summed E-state index contributed by atoms with van der Waals surface area (Å²) >= 11 is 5.84. The first kappa shape index (κ1) is 27.6. The SMILES string of the molecule is C/C=C/C=C/C(=O)C(C)C(CCOC(=O)c1ccc(Cl)cc1)OC(=O)CCCCCCC. The molecule has 0 aliphatic rings. The minimum atomic E-state index is -0.668. The Morgan fingerprint density at radius 2 is 1.72 bits per heavy atom. The fraction of sp³-hybridized carbons (Fsp3) is 0.500. The number of rotatable bonds is 15.